The van der Waals surface area contributed by atoms with E-state index in [0.717, 1.165) is 30.2 Å². The molecule has 19 heavy (non-hydrogen) atoms. The SMILES string of the molecule is CN(CCc1ccc(Br)cc1)C(=O)C1(CO)CCC1. The summed E-state index contributed by atoms with van der Waals surface area (Å²) in [7, 11) is 1.83. The summed E-state index contributed by atoms with van der Waals surface area (Å²) in [5, 5.41) is 9.42. The zero-order valence-corrected chi connectivity index (χ0v) is 12.8. The first kappa shape index (κ1) is 14.5. The number of hydrogen-bond donors (Lipinski definition) is 1. The maximum atomic E-state index is 12.3. The molecule has 0 unspecified atom stereocenters. The number of amides is 1. The van der Waals surface area contributed by atoms with Crippen LogP contribution in [0.25, 0.3) is 0 Å². The van der Waals surface area contributed by atoms with Crippen LogP contribution in [-0.4, -0.2) is 36.1 Å². The Kier molecular flexibility index (Phi) is 4.63. The van der Waals surface area contributed by atoms with Crippen molar-refractivity contribution in [2.75, 3.05) is 20.2 Å². The minimum absolute atomic E-state index is 0.0194. The fourth-order valence-electron chi connectivity index (χ4n) is 2.50. The molecule has 0 aromatic heterocycles. The van der Waals surface area contributed by atoms with Crippen molar-refractivity contribution >= 4 is 21.8 Å². The second-order valence-electron chi connectivity index (χ2n) is 5.40. The first-order chi connectivity index (χ1) is 9.07. The highest BCUT2D eigenvalue weighted by molar-refractivity contribution is 9.10. The zero-order valence-electron chi connectivity index (χ0n) is 11.2. The predicted octanol–water partition coefficient (Wildman–Crippen LogP) is 2.61. The van der Waals surface area contributed by atoms with Gasteiger partial charge in [-0.3, -0.25) is 4.79 Å². The average molecular weight is 326 g/mol. The number of aliphatic hydroxyl groups excluding tert-OH is 1. The maximum absolute atomic E-state index is 12.3. The van der Waals surface area contributed by atoms with E-state index >= 15 is 0 Å². The molecule has 1 aromatic rings. The number of nitrogens with zero attached hydrogens (tertiary/aromatic N) is 1. The van der Waals surface area contributed by atoms with Crippen LogP contribution < -0.4 is 0 Å². The van der Waals surface area contributed by atoms with Gasteiger partial charge in [0.15, 0.2) is 0 Å². The molecule has 1 N–H and O–H groups in total. The van der Waals surface area contributed by atoms with E-state index in [1.807, 2.05) is 19.2 Å². The van der Waals surface area contributed by atoms with E-state index in [1.54, 1.807) is 4.90 Å². The van der Waals surface area contributed by atoms with Crippen molar-refractivity contribution in [3.05, 3.63) is 34.3 Å². The summed E-state index contributed by atoms with van der Waals surface area (Å²) in [5.41, 5.74) is 0.739. The molecule has 1 saturated carbocycles. The van der Waals surface area contributed by atoms with Crippen LogP contribution in [0.4, 0.5) is 0 Å². The number of carbonyl (C=O) groups excluding carboxylic acids is 1. The molecule has 0 spiro atoms. The molecule has 0 atom stereocenters. The van der Waals surface area contributed by atoms with Gasteiger partial charge in [0.2, 0.25) is 5.91 Å². The highest BCUT2D eigenvalue weighted by Gasteiger charge is 2.44. The van der Waals surface area contributed by atoms with E-state index < -0.39 is 5.41 Å². The molecule has 1 aliphatic rings. The Morgan fingerprint density at radius 3 is 2.47 bits per heavy atom. The molecule has 0 aliphatic heterocycles. The molecule has 2 rings (SSSR count). The normalized spacial score (nSPS) is 16.8. The van der Waals surface area contributed by atoms with Gasteiger partial charge in [-0.2, -0.15) is 0 Å². The van der Waals surface area contributed by atoms with Gasteiger partial charge in [-0.15, -0.1) is 0 Å². The smallest absolute Gasteiger partial charge is 0.230 e. The van der Waals surface area contributed by atoms with Crippen molar-refractivity contribution in [3.8, 4) is 0 Å². The van der Waals surface area contributed by atoms with Crippen molar-refractivity contribution in [1.29, 1.82) is 0 Å². The molecule has 1 aromatic carbocycles. The minimum Gasteiger partial charge on any atom is -0.395 e. The Labute approximate surface area is 122 Å². The van der Waals surface area contributed by atoms with E-state index in [-0.39, 0.29) is 12.5 Å². The Hall–Kier alpha value is -0.870. The molecule has 104 valence electrons. The summed E-state index contributed by atoms with van der Waals surface area (Å²) >= 11 is 3.41. The predicted molar refractivity (Wildman–Crippen MR) is 78.9 cm³/mol. The largest absolute Gasteiger partial charge is 0.395 e. The lowest BCUT2D eigenvalue weighted by atomic mass is 9.68. The van der Waals surface area contributed by atoms with E-state index in [0.29, 0.717) is 6.54 Å². The molecule has 3 nitrogen and oxygen atoms in total. The number of benzene rings is 1. The lowest BCUT2D eigenvalue weighted by Gasteiger charge is -2.41. The quantitative estimate of drug-likeness (QED) is 0.904. The lowest BCUT2D eigenvalue weighted by molar-refractivity contribution is -0.149. The molecule has 0 radical (unpaired) electrons. The molecule has 0 heterocycles. The molecular weight excluding hydrogens is 306 g/mol. The topological polar surface area (TPSA) is 40.5 Å². The third-order valence-corrected chi connectivity index (χ3v) is 4.59. The van der Waals surface area contributed by atoms with Crippen molar-refractivity contribution in [1.82, 2.24) is 4.90 Å². The monoisotopic (exact) mass is 325 g/mol. The Morgan fingerprint density at radius 2 is 2.00 bits per heavy atom. The number of halogens is 1. The number of aliphatic hydroxyl groups is 1. The Morgan fingerprint density at radius 1 is 1.37 bits per heavy atom. The van der Waals surface area contributed by atoms with Crippen LogP contribution in [0.5, 0.6) is 0 Å². The van der Waals surface area contributed by atoms with Gasteiger partial charge in [-0.05, 0) is 37.0 Å². The molecule has 1 fully saturated rings. The summed E-state index contributed by atoms with van der Waals surface area (Å²) in [5.74, 6) is 0.0957. The molecule has 0 bridgehead atoms. The van der Waals surface area contributed by atoms with Crippen LogP contribution in [0.15, 0.2) is 28.7 Å². The fourth-order valence-corrected chi connectivity index (χ4v) is 2.76. The van der Waals surface area contributed by atoms with Crippen LogP contribution in [0, 0.1) is 5.41 Å². The first-order valence-electron chi connectivity index (χ1n) is 6.68. The summed E-state index contributed by atoms with van der Waals surface area (Å²) in [6, 6.07) is 8.15. The van der Waals surface area contributed by atoms with Gasteiger partial charge in [0.25, 0.3) is 0 Å². The fraction of sp³-hybridized carbons (Fsp3) is 0.533. The number of carbonyl (C=O) groups is 1. The third-order valence-electron chi connectivity index (χ3n) is 4.06. The van der Waals surface area contributed by atoms with Gasteiger partial charge in [0, 0.05) is 18.1 Å². The molecule has 1 aliphatic carbocycles. The van der Waals surface area contributed by atoms with E-state index in [1.165, 1.54) is 5.56 Å². The summed E-state index contributed by atoms with van der Waals surface area (Å²) in [6.07, 6.45) is 3.54. The highest BCUT2D eigenvalue weighted by Crippen LogP contribution is 2.41. The lowest BCUT2D eigenvalue weighted by Crippen LogP contribution is -2.49. The van der Waals surface area contributed by atoms with Crippen LogP contribution in [0.1, 0.15) is 24.8 Å². The van der Waals surface area contributed by atoms with Gasteiger partial charge >= 0.3 is 0 Å². The molecule has 4 heteroatoms. The second kappa shape index (κ2) is 6.06. The van der Waals surface area contributed by atoms with Gasteiger partial charge in [0.1, 0.15) is 0 Å². The standard InChI is InChI=1S/C15H20BrNO2/c1-17(14(19)15(11-18)8-2-9-15)10-7-12-3-5-13(16)6-4-12/h3-6,18H,2,7-11H2,1H3. The van der Waals surface area contributed by atoms with E-state index in [4.69, 9.17) is 0 Å². The van der Waals surface area contributed by atoms with Gasteiger partial charge in [-0.25, -0.2) is 0 Å². The summed E-state index contributed by atoms with van der Waals surface area (Å²) in [6.45, 7) is 0.677. The molecule has 1 amide bonds. The molecular formula is C15H20BrNO2. The van der Waals surface area contributed by atoms with Crippen LogP contribution in [0.3, 0.4) is 0 Å². The first-order valence-corrected chi connectivity index (χ1v) is 7.47. The van der Waals surface area contributed by atoms with Crippen molar-refractivity contribution < 1.29 is 9.90 Å². The Bertz CT molecular complexity index is 434. The van der Waals surface area contributed by atoms with Gasteiger partial charge in [0.05, 0.1) is 12.0 Å². The molecule has 0 saturated heterocycles. The van der Waals surface area contributed by atoms with E-state index in [9.17, 15) is 9.90 Å². The third kappa shape index (κ3) is 3.18. The van der Waals surface area contributed by atoms with Crippen molar-refractivity contribution in [2.45, 2.75) is 25.7 Å². The average Bonchev–Trinajstić information content (AvgIpc) is 2.37. The number of hydrogen-bond acceptors (Lipinski definition) is 2. The second-order valence-corrected chi connectivity index (χ2v) is 6.31. The van der Waals surface area contributed by atoms with Crippen LogP contribution in [0.2, 0.25) is 0 Å². The van der Waals surface area contributed by atoms with Crippen LogP contribution >= 0.6 is 15.9 Å². The number of rotatable bonds is 5. The van der Waals surface area contributed by atoms with Crippen LogP contribution in [-0.2, 0) is 11.2 Å². The van der Waals surface area contributed by atoms with Gasteiger partial charge < -0.3 is 10.0 Å². The number of likely N-dealkylation sites (N-methyl/N-ethyl adjacent to an activating group) is 1. The summed E-state index contributed by atoms with van der Waals surface area (Å²) in [4.78, 5) is 14.1. The highest BCUT2D eigenvalue weighted by atomic mass is 79.9. The summed E-state index contributed by atoms with van der Waals surface area (Å²) < 4.78 is 1.06. The van der Waals surface area contributed by atoms with E-state index in [2.05, 4.69) is 28.1 Å². The van der Waals surface area contributed by atoms with Gasteiger partial charge in [-0.1, -0.05) is 34.5 Å². The minimum atomic E-state index is -0.478. The van der Waals surface area contributed by atoms with Crippen molar-refractivity contribution in [2.24, 2.45) is 5.41 Å². The maximum Gasteiger partial charge on any atom is 0.230 e. The zero-order chi connectivity index (χ0) is 13.9. The van der Waals surface area contributed by atoms with Crippen molar-refractivity contribution in [3.63, 3.8) is 0 Å². The Balaban J connectivity index is 1.88.